The van der Waals surface area contributed by atoms with Crippen LogP contribution in [0.5, 0.6) is 0 Å². The smallest absolute Gasteiger partial charge is 0.258 e. The molecule has 0 N–H and O–H groups in total. The van der Waals surface area contributed by atoms with E-state index in [1.165, 1.54) is 6.92 Å². The molecule has 0 aliphatic carbocycles. The number of rotatable bonds is 1. The van der Waals surface area contributed by atoms with Crippen LogP contribution in [-0.4, -0.2) is 16.0 Å². The normalized spacial score (nSPS) is 12.1. The molecule has 0 saturated heterocycles. The van der Waals surface area contributed by atoms with Crippen molar-refractivity contribution in [2.24, 2.45) is 0 Å². The second-order valence-corrected chi connectivity index (χ2v) is 2.66. The largest absolute Gasteiger partial charge is 0.408 e. The summed E-state index contributed by atoms with van der Waals surface area (Å²) in [5, 5.41) is 3.46. The average molecular weight is 198 g/mol. The molecule has 2 nitrogen and oxygen atoms in total. The van der Waals surface area contributed by atoms with Gasteiger partial charge in [-0.1, -0.05) is 11.6 Å². The van der Waals surface area contributed by atoms with Crippen molar-refractivity contribution in [1.29, 1.82) is 0 Å². The molecule has 0 spiro atoms. The Balaban J connectivity index is 2.83. The van der Waals surface area contributed by atoms with Gasteiger partial charge >= 0.3 is 6.18 Å². The lowest BCUT2D eigenvalue weighted by molar-refractivity contribution is -0.142. The van der Waals surface area contributed by atoms with Gasteiger partial charge in [0.2, 0.25) is 0 Å². The van der Waals surface area contributed by atoms with Gasteiger partial charge in [0.25, 0.3) is 0 Å². The second kappa shape index (κ2) is 2.97. The summed E-state index contributed by atoms with van der Waals surface area (Å²) in [5.74, 6) is 0. The van der Waals surface area contributed by atoms with E-state index < -0.39 is 12.7 Å². The Labute approximate surface area is 71.9 Å². The van der Waals surface area contributed by atoms with E-state index in [1.807, 2.05) is 0 Å². The van der Waals surface area contributed by atoms with Crippen LogP contribution in [0, 0.1) is 13.1 Å². The molecule has 1 aromatic rings. The number of aromatic nitrogens is 2. The van der Waals surface area contributed by atoms with Crippen molar-refractivity contribution in [2.75, 3.05) is 0 Å². The highest BCUT2D eigenvalue weighted by atomic mass is 35.5. The van der Waals surface area contributed by atoms with Crippen LogP contribution in [0.1, 0.15) is 5.69 Å². The zero-order chi connectivity index (χ0) is 9.35. The van der Waals surface area contributed by atoms with Crippen LogP contribution in [0.25, 0.3) is 0 Å². The highest BCUT2D eigenvalue weighted by Gasteiger charge is 2.29. The Hall–Kier alpha value is -0.710. The van der Waals surface area contributed by atoms with E-state index >= 15 is 0 Å². The van der Waals surface area contributed by atoms with E-state index in [1.54, 1.807) is 0 Å². The number of nitrogens with zero attached hydrogens (tertiary/aromatic N) is 2. The molecule has 0 unspecified atom stereocenters. The average Bonchev–Trinajstić information content (AvgIpc) is 2.16. The molecule has 67 valence electrons. The van der Waals surface area contributed by atoms with Crippen LogP contribution in [0.3, 0.4) is 0 Å². The highest BCUT2D eigenvalue weighted by Crippen LogP contribution is 2.20. The van der Waals surface area contributed by atoms with E-state index in [0.717, 1.165) is 4.68 Å². The van der Waals surface area contributed by atoms with Crippen molar-refractivity contribution >= 4 is 11.6 Å². The summed E-state index contributed by atoms with van der Waals surface area (Å²) in [5.41, 5.74) is 0.272. The summed E-state index contributed by atoms with van der Waals surface area (Å²) in [4.78, 5) is 0. The quantitative estimate of drug-likeness (QED) is 0.675. The van der Waals surface area contributed by atoms with Crippen molar-refractivity contribution in [2.45, 2.75) is 19.6 Å². The van der Waals surface area contributed by atoms with E-state index in [2.05, 4.69) is 11.3 Å². The number of hydrogen-bond acceptors (Lipinski definition) is 1. The maximum absolute atomic E-state index is 11.8. The van der Waals surface area contributed by atoms with Gasteiger partial charge < -0.3 is 0 Å². The number of halogens is 4. The van der Waals surface area contributed by atoms with Crippen molar-refractivity contribution in [3.8, 4) is 0 Å². The molecule has 0 fully saturated rings. The summed E-state index contributed by atoms with van der Waals surface area (Å²) in [6.07, 6.45) is -2.03. The maximum atomic E-state index is 11.8. The van der Waals surface area contributed by atoms with Gasteiger partial charge in [-0.15, -0.1) is 0 Å². The van der Waals surface area contributed by atoms with E-state index in [4.69, 9.17) is 11.6 Å². The molecule has 0 aliphatic heterocycles. The van der Waals surface area contributed by atoms with Crippen molar-refractivity contribution in [1.82, 2.24) is 9.78 Å². The van der Waals surface area contributed by atoms with Gasteiger partial charge in [0.05, 0.1) is 10.7 Å². The summed E-state index contributed by atoms with van der Waals surface area (Å²) in [7, 11) is 0. The van der Waals surface area contributed by atoms with Crippen LogP contribution < -0.4 is 0 Å². The van der Waals surface area contributed by atoms with Crippen LogP contribution in [0.2, 0.25) is 5.02 Å². The van der Waals surface area contributed by atoms with Gasteiger partial charge in [0.1, 0.15) is 12.7 Å². The number of alkyl halides is 3. The lowest BCUT2D eigenvalue weighted by Gasteiger charge is -2.07. The van der Waals surface area contributed by atoms with Crippen molar-refractivity contribution < 1.29 is 13.2 Å². The summed E-state index contributed by atoms with van der Waals surface area (Å²) >= 11 is 5.45. The molecule has 1 aromatic heterocycles. The molecular formula is C6H5ClF3N2. The van der Waals surface area contributed by atoms with Crippen LogP contribution in [-0.2, 0) is 6.54 Å². The van der Waals surface area contributed by atoms with E-state index in [-0.39, 0.29) is 10.7 Å². The molecule has 0 bridgehead atoms. The van der Waals surface area contributed by atoms with Gasteiger partial charge in [0.15, 0.2) is 0 Å². The number of hydrogen-bond donors (Lipinski definition) is 0. The molecule has 0 aromatic carbocycles. The molecule has 12 heavy (non-hydrogen) atoms. The molecule has 0 saturated carbocycles. The first kappa shape index (κ1) is 9.38. The molecule has 0 aliphatic rings. The Bertz CT molecular complexity index is 279. The lowest BCUT2D eigenvalue weighted by Crippen LogP contribution is -2.19. The molecule has 1 radical (unpaired) electrons. The third-order valence-corrected chi connectivity index (χ3v) is 1.66. The van der Waals surface area contributed by atoms with Gasteiger partial charge in [-0.3, -0.25) is 4.68 Å². The van der Waals surface area contributed by atoms with Gasteiger partial charge in [-0.2, -0.15) is 18.3 Å². The Morgan fingerprint density at radius 1 is 1.58 bits per heavy atom. The SMILES string of the molecule is Cc1c(Cl)[c]nn1CC(F)(F)F. The van der Waals surface area contributed by atoms with Gasteiger partial charge in [0, 0.05) is 0 Å². The minimum Gasteiger partial charge on any atom is -0.258 e. The molecule has 1 rings (SSSR count). The minimum absolute atomic E-state index is 0.124. The molecule has 0 amide bonds. The summed E-state index contributed by atoms with van der Waals surface area (Å²) < 4.78 is 36.2. The van der Waals surface area contributed by atoms with E-state index in [0.29, 0.717) is 0 Å². The zero-order valence-electron chi connectivity index (χ0n) is 6.11. The predicted octanol–water partition coefficient (Wildman–Crippen LogP) is 2.21. The molecule has 6 heteroatoms. The molecular weight excluding hydrogens is 193 g/mol. The van der Waals surface area contributed by atoms with Gasteiger partial charge in [-0.05, 0) is 6.92 Å². The Morgan fingerprint density at radius 3 is 2.50 bits per heavy atom. The summed E-state index contributed by atoms with van der Waals surface area (Å²) in [6, 6.07) is 0. The zero-order valence-corrected chi connectivity index (χ0v) is 6.87. The first-order valence-electron chi connectivity index (χ1n) is 3.07. The van der Waals surface area contributed by atoms with Crippen molar-refractivity contribution in [3.05, 3.63) is 16.9 Å². The minimum atomic E-state index is -4.27. The van der Waals surface area contributed by atoms with E-state index in [9.17, 15) is 13.2 Å². The third kappa shape index (κ3) is 2.14. The fourth-order valence-corrected chi connectivity index (χ4v) is 0.833. The topological polar surface area (TPSA) is 17.8 Å². The van der Waals surface area contributed by atoms with Crippen LogP contribution in [0.15, 0.2) is 0 Å². The summed E-state index contributed by atoms with van der Waals surface area (Å²) in [6.45, 7) is 0.333. The lowest BCUT2D eigenvalue weighted by atomic mass is 10.5. The van der Waals surface area contributed by atoms with Crippen LogP contribution >= 0.6 is 11.6 Å². The Morgan fingerprint density at radius 2 is 2.17 bits per heavy atom. The molecule has 0 atom stereocenters. The van der Waals surface area contributed by atoms with Gasteiger partial charge in [-0.25, -0.2) is 0 Å². The fourth-order valence-electron chi connectivity index (χ4n) is 0.697. The first-order valence-corrected chi connectivity index (χ1v) is 3.45. The maximum Gasteiger partial charge on any atom is 0.408 e. The highest BCUT2D eigenvalue weighted by molar-refractivity contribution is 6.30. The fraction of sp³-hybridized carbons (Fsp3) is 0.500. The van der Waals surface area contributed by atoms with Crippen LogP contribution in [0.4, 0.5) is 13.2 Å². The monoisotopic (exact) mass is 197 g/mol. The standard InChI is InChI=1S/C6H5ClF3N2/c1-4-5(7)2-11-12(4)3-6(8,9)10/h3H2,1H3. The second-order valence-electron chi connectivity index (χ2n) is 2.28. The first-order chi connectivity index (χ1) is 5.40. The third-order valence-electron chi connectivity index (χ3n) is 1.30. The Kier molecular flexibility index (Phi) is 2.32. The molecule has 1 heterocycles. The predicted molar refractivity (Wildman–Crippen MR) is 36.9 cm³/mol. The van der Waals surface area contributed by atoms with Crippen molar-refractivity contribution in [3.63, 3.8) is 0 Å².